The molecule has 0 N–H and O–H groups in total. The van der Waals surface area contributed by atoms with Gasteiger partial charge in [0.25, 0.3) is 11.0 Å². The molecule has 0 saturated heterocycles. The third kappa shape index (κ3) is 4.10. The van der Waals surface area contributed by atoms with Gasteiger partial charge in [0.05, 0.1) is 7.11 Å². The Kier molecular flexibility index (Phi) is 4.80. The number of benzene rings is 2. The monoisotopic (exact) mass is 224 g/mol. The van der Waals surface area contributed by atoms with E-state index in [1.54, 1.807) is 0 Å². The van der Waals surface area contributed by atoms with E-state index in [4.69, 9.17) is 0 Å². The summed E-state index contributed by atoms with van der Waals surface area (Å²) in [5.41, 5.74) is 0. The van der Waals surface area contributed by atoms with Crippen LogP contribution in [0.4, 0.5) is 0 Å². The molecule has 0 spiro atoms. The van der Waals surface area contributed by atoms with Gasteiger partial charge in [-0.1, -0.05) is 48.5 Å². The Balaban J connectivity index is 0.000000195. The van der Waals surface area contributed by atoms with E-state index in [2.05, 4.69) is 52.7 Å². The van der Waals surface area contributed by atoms with Gasteiger partial charge in [-0.25, -0.2) is 8.42 Å². The SMILES string of the molecule is CO[SH](=O)=O.c1ccc2ccccc2c1. The van der Waals surface area contributed by atoms with Crippen molar-refractivity contribution in [3.8, 4) is 0 Å². The highest BCUT2D eigenvalue weighted by Crippen LogP contribution is 2.11. The Morgan fingerprint density at radius 2 is 1.13 bits per heavy atom. The molecule has 0 aromatic heterocycles. The van der Waals surface area contributed by atoms with Crippen molar-refractivity contribution < 1.29 is 12.6 Å². The third-order valence-corrected chi connectivity index (χ3v) is 2.11. The van der Waals surface area contributed by atoms with Crippen LogP contribution in [0.25, 0.3) is 10.8 Å². The highest BCUT2D eigenvalue weighted by Gasteiger charge is 1.85. The van der Waals surface area contributed by atoms with Crippen molar-refractivity contribution in [1.29, 1.82) is 0 Å². The molecule has 0 aliphatic carbocycles. The van der Waals surface area contributed by atoms with Crippen LogP contribution in [0.5, 0.6) is 0 Å². The minimum atomic E-state index is -2.60. The number of fused-ring (bicyclic) bond motifs is 1. The van der Waals surface area contributed by atoms with Crippen LogP contribution in [0.15, 0.2) is 48.5 Å². The molecule has 0 aliphatic rings. The smallest absolute Gasteiger partial charge is 0.256 e. The summed E-state index contributed by atoms with van der Waals surface area (Å²) in [5.74, 6) is 0. The lowest BCUT2D eigenvalue weighted by atomic mass is 10.1. The molecule has 2 aromatic rings. The van der Waals surface area contributed by atoms with Crippen LogP contribution in [0.2, 0.25) is 0 Å². The summed E-state index contributed by atoms with van der Waals surface area (Å²) in [7, 11) is -1.50. The molecule has 2 rings (SSSR count). The van der Waals surface area contributed by atoms with E-state index < -0.39 is 11.0 Å². The zero-order valence-electron chi connectivity index (χ0n) is 8.29. The summed E-state index contributed by atoms with van der Waals surface area (Å²) in [4.78, 5) is 0. The van der Waals surface area contributed by atoms with E-state index >= 15 is 0 Å². The Morgan fingerprint density at radius 3 is 1.33 bits per heavy atom. The van der Waals surface area contributed by atoms with E-state index in [1.165, 1.54) is 10.8 Å². The molecule has 2 aromatic carbocycles. The van der Waals surface area contributed by atoms with Gasteiger partial charge in [0.2, 0.25) is 0 Å². The van der Waals surface area contributed by atoms with Gasteiger partial charge < -0.3 is 0 Å². The van der Waals surface area contributed by atoms with E-state index in [0.717, 1.165) is 7.11 Å². The second kappa shape index (κ2) is 6.16. The Hall–Kier alpha value is -1.39. The fourth-order valence-corrected chi connectivity index (χ4v) is 1.13. The molecule has 0 radical (unpaired) electrons. The molecular formula is C11H12O3S. The number of rotatable bonds is 1. The molecule has 0 unspecified atom stereocenters. The van der Waals surface area contributed by atoms with Gasteiger partial charge in [0.15, 0.2) is 0 Å². The number of thiol groups is 1. The van der Waals surface area contributed by atoms with Crippen molar-refractivity contribution >= 4 is 21.8 Å². The van der Waals surface area contributed by atoms with Gasteiger partial charge in [0.1, 0.15) is 0 Å². The average molecular weight is 224 g/mol. The first kappa shape index (κ1) is 11.7. The number of hydrogen-bond acceptors (Lipinski definition) is 3. The summed E-state index contributed by atoms with van der Waals surface area (Å²) in [6.07, 6.45) is 0. The van der Waals surface area contributed by atoms with Gasteiger partial charge in [-0.3, -0.25) is 4.18 Å². The lowest BCUT2D eigenvalue weighted by Gasteiger charge is -1.92. The largest absolute Gasteiger partial charge is 0.276 e. The minimum absolute atomic E-state index is 1.10. The normalized spacial score (nSPS) is 9.73. The Morgan fingerprint density at radius 1 is 0.867 bits per heavy atom. The van der Waals surface area contributed by atoms with E-state index in [0.29, 0.717) is 0 Å². The molecule has 0 atom stereocenters. The maximum absolute atomic E-state index is 9.18. The molecule has 0 bridgehead atoms. The second-order valence-corrected chi connectivity index (χ2v) is 3.57. The highest BCUT2D eigenvalue weighted by molar-refractivity contribution is 7.67. The molecule has 0 fully saturated rings. The molecule has 0 aliphatic heterocycles. The number of hydrogen-bond donors (Lipinski definition) is 1. The van der Waals surface area contributed by atoms with Crippen LogP contribution in [-0.4, -0.2) is 15.5 Å². The van der Waals surface area contributed by atoms with Crippen LogP contribution < -0.4 is 0 Å². The van der Waals surface area contributed by atoms with Crippen molar-refractivity contribution in [3.63, 3.8) is 0 Å². The van der Waals surface area contributed by atoms with Crippen LogP contribution in [0, 0.1) is 0 Å². The first-order chi connectivity index (χ1) is 7.24. The van der Waals surface area contributed by atoms with Crippen LogP contribution in [-0.2, 0) is 15.2 Å². The molecule has 3 nitrogen and oxygen atoms in total. The van der Waals surface area contributed by atoms with Gasteiger partial charge >= 0.3 is 0 Å². The summed E-state index contributed by atoms with van der Waals surface area (Å²) in [6, 6.07) is 16.7. The maximum Gasteiger partial charge on any atom is 0.256 e. The predicted octanol–water partition coefficient (Wildman–Crippen LogP) is 2.00. The Bertz CT molecular complexity index is 418. The molecule has 4 heteroatoms. The topological polar surface area (TPSA) is 43.4 Å². The summed E-state index contributed by atoms with van der Waals surface area (Å²) in [5, 5.41) is 2.62. The van der Waals surface area contributed by atoms with Crippen LogP contribution in [0.1, 0.15) is 0 Å². The Labute approximate surface area is 90.5 Å². The fraction of sp³-hybridized carbons (Fsp3) is 0.0909. The first-order valence-electron chi connectivity index (χ1n) is 4.36. The van der Waals surface area contributed by atoms with Crippen molar-refractivity contribution in [2.24, 2.45) is 0 Å². The fourth-order valence-electron chi connectivity index (χ4n) is 1.13. The zero-order valence-corrected chi connectivity index (χ0v) is 9.19. The van der Waals surface area contributed by atoms with Crippen molar-refractivity contribution in [2.75, 3.05) is 7.11 Å². The van der Waals surface area contributed by atoms with E-state index in [-0.39, 0.29) is 0 Å². The maximum atomic E-state index is 9.18. The van der Waals surface area contributed by atoms with E-state index in [9.17, 15) is 8.42 Å². The zero-order chi connectivity index (χ0) is 11.1. The average Bonchev–Trinajstić information content (AvgIpc) is 2.30. The van der Waals surface area contributed by atoms with Gasteiger partial charge in [-0.2, -0.15) is 0 Å². The molecule has 0 heterocycles. The molecule has 0 saturated carbocycles. The predicted molar refractivity (Wildman–Crippen MR) is 61.3 cm³/mol. The first-order valence-corrected chi connectivity index (χ1v) is 5.46. The van der Waals surface area contributed by atoms with Crippen LogP contribution in [0.3, 0.4) is 0 Å². The van der Waals surface area contributed by atoms with Gasteiger partial charge in [-0.15, -0.1) is 0 Å². The second-order valence-electron chi connectivity index (χ2n) is 2.75. The summed E-state index contributed by atoms with van der Waals surface area (Å²) in [6.45, 7) is 0. The highest BCUT2D eigenvalue weighted by atomic mass is 32.2. The minimum Gasteiger partial charge on any atom is -0.276 e. The molecule has 80 valence electrons. The van der Waals surface area contributed by atoms with Gasteiger partial charge in [0, 0.05) is 0 Å². The molecular weight excluding hydrogens is 212 g/mol. The quantitative estimate of drug-likeness (QED) is 0.753. The summed E-state index contributed by atoms with van der Waals surface area (Å²) < 4.78 is 22.1. The molecule has 15 heavy (non-hydrogen) atoms. The third-order valence-electron chi connectivity index (χ3n) is 1.81. The van der Waals surface area contributed by atoms with Crippen molar-refractivity contribution in [2.45, 2.75) is 0 Å². The lowest BCUT2D eigenvalue weighted by Crippen LogP contribution is -1.72. The standard InChI is InChI=1S/C10H8.CH4O3S/c1-2-6-10-8-4-3-7-9(10)5-1;1-4-5(2)3/h1-8H;5H,1H3. The lowest BCUT2D eigenvalue weighted by molar-refractivity contribution is 0.418. The van der Waals surface area contributed by atoms with Crippen molar-refractivity contribution in [3.05, 3.63) is 48.5 Å². The van der Waals surface area contributed by atoms with E-state index in [1.807, 2.05) is 0 Å². The van der Waals surface area contributed by atoms with Crippen molar-refractivity contribution in [1.82, 2.24) is 0 Å². The van der Waals surface area contributed by atoms with Crippen LogP contribution >= 0.6 is 0 Å². The molecule has 0 amide bonds. The summed E-state index contributed by atoms with van der Waals surface area (Å²) >= 11 is 0. The van der Waals surface area contributed by atoms with Gasteiger partial charge in [-0.05, 0) is 10.8 Å².